The zero-order chi connectivity index (χ0) is 17.7. The molecule has 2 aromatic carbocycles. The van der Waals surface area contributed by atoms with Crippen LogP contribution in [0.1, 0.15) is 22.3 Å². The first-order chi connectivity index (χ1) is 11.2. The van der Waals surface area contributed by atoms with Gasteiger partial charge in [0.2, 0.25) is 0 Å². The Balaban J connectivity index is 1.90. The van der Waals surface area contributed by atoms with E-state index >= 15 is 0 Å². The van der Waals surface area contributed by atoms with Crippen molar-refractivity contribution in [2.45, 2.75) is 26.1 Å². The molecule has 0 spiro atoms. The number of rotatable bonds is 5. The van der Waals surface area contributed by atoms with Crippen molar-refractivity contribution in [1.82, 2.24) is 5.32 Å². The van der Waals surface area contributed by atoms with E-state index in [1.807, 2.05) is 26.0 Å². The molecule has 2 aromatic rings. The Morgan fingerprint density at radius 1 is 1.04 bits per heavy atom. The van der Waals surface area contributed by atoms with E-state index < -0.39 is 9.84 Å². The standard InChI is InChI=1S/C18H22N2O3S/c1-13-4-7-16(14(2)10-13)11-19-18(21)20-17-8-5-15(6-9-17)12-24(3,22)23/h4-10H,11-12H2,1-3H3,(H2,19,20,21). The average Bonchev–Trinajstić information content (AvgIpc) is 2.47. The highest BCUT2D eigenvalue weighted by Gasteiger charge is 2.06. The van der Waals surface area contributed by atoms with Crippen LogP contribution >= 0.6 is 0 Å². The van der Waals surface area contributed by atoms with Gasteiger partial charge in [0.1, 0.15) is 0 Å². The lowest BCUT2D eigenvalue weighted by Crippen LogP contribution is -2.28. The summed E-state index contributed by atoms with van der Waals surface area (Å²) in [6.45, 7) is 4.50. The molecule has 2 amide bonds. The van der Waals surface area contributed by atoms with Gasteiger partial charge < -0.3 is 10.6 Å². The van der Waals surface area contributed by atoms with Crippen LogP contribution in [0.3, 0.4) is 0 Å². The number of carbonyl (C=O) groups is 1. The van der Waals surface area contributed by atoms with Crippen LogP contribution in [0.4, 0.5) is 10.5 Å². The second kappa shape index (κ2) is 7.49. The van der Waals surface area contributed by atoms with Crippen molar-refractivity contribution < 1.29 is 13.2 Å². The number of amides is 2. The van der Waals surface area contributed by atoms with Crippen molar-refractivity contribution in [3.8, 4) is 0 Å². The minimum Gasteiger partial charge on any atom is -0.334 e. The van der Waals surface area contributed by atoms with Crippen molar-refractivity contribution >= 4 is 21.6 Å². The Labute approximate surface area is 143 Å². The van der Waals surface area contributed by atoms with E-state index in [-0.39, 0.29) is 11.8 Å². The molecule has 6 heteroatoms. The smallest absolute Gasteiger partial charge is 0.319 e. The van der Waals surface area contributed by atoms with E-state index in [0.717, 1.165) is 11.1 Å². The summed E-state index contributed by atoms with van der Waals surface area (Å²) in [4.78, 5) is 12.0. The van der Waals surface area contributed by atoms with Gasteiger partial charge in [-0.3, -0.25) is 0 Å². The van der Waals surface area contributed by atoms with Gasteiger partial charge >= 0.3 is 6.03 Å². The molecular weight excluding hydrogens is 324 g/mol. The van der Waals surface area contributed by atoms with Gasteiger partial charge in [0.05, 0.1) is 5.75 Å². The summed E-state index contributed by atoms with van der Waals surface area (Å²) >= 11 is 0. The van der Waals surface area contributed by atoms with Crippen molar-refractivity contribution in [1.29, 1.82) is 0 Å². The predicted octanol–water partition coefficient (Wildman–Crippen LogP) is 3.17. The summed E-state index contributed by atoms with van der Waals surface area (Å²) in [5.41, 5.74) is 4.71. The highest BCUT2D eigenvalue weighted by Crippen LogP contribution is 2.12. The fraction of sp³-hybridized carbons (Fsp3) is 0.278. The first kappa shape index (κ1) is 18.0. The minimum absolute atomic E-state index is 0.00776. The number of aryl methyl sites for hydroxylation is 2. The van der Waals surface area contributed by atoms with Gasteiger partial charge in [-0.1, -0.05) is 35.9 Å². The predicted molar refractivity (Wildman–Crippen MR) is 96.8 cm³/mol. The molecule has 128 valence electrons. The van der Waals surface area contributed by atoms with Gasteiger partial charge in [-0.25, -0.2) is 13.2 Å². The molecule has 0 saturated carbocycles. The fourth-order valence-electron chi connectivity index (χ4n) is 2.38. The van der Waals surface area contributed by atoms with Gasteiger partial charge in [0.15, 0.2) is 9.84 Å². The third-order valence-corrected chi connectivity index (χ3v) is 4.44. The largest absolute Gasteiger partial charge is 0.334 e. The molecule has 0 aromatic heterocycles. The zero-order valence-corrected chi connectivity index (χ0v) is 14.9. The van der Waals surface area contributed by atoms with Crippen LogP contribution in [0, 0.1) is 13.8 Å². The highest BCUT2D eigenvalue weighted by atomic mass is 32.2. The number of carbonyl (C=O) groups excluding carboxylic acids is 1. The van der Waals surface area contributed by atoms with E-state index in [4.69, 9.17) is 0 Å². The second-order valence-corrected chi connectivity index (χ2v) is 8.14. The average molecular weight is 346 g/mol. The number of anilines is 1. The topological polar surface area (TPSA) is 75.3 Å². The Kier molecular flexibility index (Phi) is 5.62. The molecule has 0 radical (unpaired) electrons. The molecule has 0 heterocycles. The first-order valence-corrected chi connectivity index (χ1v) is 9.66. The van der Waals surface area contributed by atoms with Gasteiger partial charge in [-0.05, 0) is 42.7 Å². The van der Waals surface area contributed by atoms with Crippen LogP contribution in [0.25, 0.3) is 0 Å². The van der Waals surface area contributed by atoms with Crippen molar-refractivity contribution in [2.75, 3.05) is 11.6 Å². The fourth-order valence-corrected chi connectivity index (χ4v) is 3.18. The van der Waals surface area contributed by atoms with Gasteiger partial charge in [0.25, 0.3) is 0 Å². The van der Waals surface area contributed by atoms with Crippen LogP contribution in [-0.2, 0) is 22.1 Å². The Morgan fingerprint density at radius 3 is 2.29 bits per heavy atom. The maximum absolute atomic E-state index is 12.0. The number of hydrogen-bond acceptors (Lipinski definition) is 3. The Hall–Kier alpha value is -2.34. The van der Waals surface area contributed by atoms with Crippen LogP contribution in [-0.4, -0.2) is 20.7 Å². The minimum atomic E-state index is -3.06. The van der Waals surface area contributed by atoms with E-state index in [2.05, 4.69) is 16.7 Å². The zero-order valence-electron chi connectivity index (χ0n) is 14.1. The van der Waals surface area contributed by atoms with Crippen LogP contribution < -0.4 is 10.6 Å². The first-order valence-electron chi connectivity index (χ1n) is 7.60. The maximum atomic E-state index is 12.0. The van der Waals surface area contributed by atoms with E-state index in [1.54, 1.807) is 24.3 Å². The number of urea groups is 1. The lowest BCUT2D eigenvalue weighted by atomic mass is 10.1. The Bertz CT molecular complexity index is 828. The van der Waals surface area contributed by atoms with Gasteiger partial charge in [-0.2, -0.15) is 0 Å². The lowest BCUT2D eigenvalue weighted by molar-refractivity contribution is 0.251. The number of sulfone groups is 1. The second-order valence-electron chi connectivity index (χ2n) is 6.00. The summed E-state index contributed by atoms with van der Waals surface area (Å²) in [5, 5.41) is 5.55. The molecule has 0 fully saturated rings. The number of hydrogen-bond donors (Lipinski definition) is 2. The highest BCUT2D eigenvalue weighted by molar-refractivity contribution is 7.89. The lowest BCUT2D eigenvalue weighted by Gasteiger charge is -2.10. The van der Waals surface area contributed by atoms with Crippen molar-refractivity contribution in [3.63, 3.8) is 0 Å². The van der Waals surface area contributed by atoms with Gasteiger partial charge in [-0.15, -0.1) is 0 Å². The van der Waals surface area contributed by atoms with Crippen molar-refractivity contribution in [2.24, 2.45) is 0 Å². The molecule has 0 aliphatic carbocycles. The van der Waals surface area contributed by atoms with E-state index in [9.17, 15) is 13.2 Å². The molecular formula is C18H22N2O3S. The summed E-state index contributed by atoms with van der Waals surface area (Å²) in [5.74, 6) is -0.00776. The van der Waals surface area contributed by atoms with Crippen LogP contribution in [0.2, 0.25) is 0 Å². The molecule has 24 heavy (non-hydrogen) atoms. The monoisotopic (exact) mass is 346 g/mol. The molecule has 2 N–H and O–H groups in total. The summed E-state index contributed by atoms with van der Waals surface area (Å²) in [6, 6.07) is 12.6. The molecule has 0 aliphatic heterocycles. The van der Waals surface area contributed by atoms with Crippen molar-refractivity contribution in [3.05, 3.63) is 64.7 Å². The summed E-state index contributed by atoms with van der Waals surface area (Å²) in [6.07, 6.45) is 1.19. The van der Waals surface area contributed by atoms with E-state index in [0.29, 0.717) is 17.8 Å². The molecule has 0 unspecified atom stereocenters. The normalized spacial score (nSPS) is 11.1. The Morgan fingerprint density at radius 2 is 1.71 bits per heavy atom. The quantitative estimate of drug-likeness (QED) is 0.873. The van der Waals surface area contributed by atoms with E-state index in [1.165, 1.54) is 11.8 Å². The molecule has 0 atom stereocenters. The number of benzene rings is 2. The summed E-state index contributed by atoms with van der Waals surface area (Å²) in [7, 11) is -3.06. The van der Waals surface area contributed by atoms with Crippen LogP contribution in [0.15, 0.2) is 42.5 Å². The molecule has 2 rings (SSSR count). The van der Waals surface area contributed by atoms with Gasteiger partial charge in [0, 0.05) is 18.5 Å². The summed E-state index contributed by atoms with van der Waals surface area (Å²) < 4.78 is 22.5. The third-order valence-electron chi connectivity index (χ3n) is 3.58. The SMILES string of the molecule is Cc1ccc(CNC(=O)Nc2ccc(CS(C)(=O)=O)cc2)c(C)c1. The van der Waals surface area contributed by atoms with Crippen LogP contribution in [0.5, 0.6) is 0 Å². The molecule has 5 nitrogen and oxygen atoms in total. The third kappa shape index (κ3) is 5.70. The number of nitrogens with one attached hydrogen (secondary N) is 2. The maximum Gasteiger partial charge on any atom is 0.319 e. The molecule has 0 aliphatic rings. The molecule has 0 bridgehead atoms. The molecule has 0 saturated heterocycles.